The lowest BCUT2D eigenvalue weighted by atomic mass is 9.75. The average molecular weight is 512 g/mol. The zero-order valence-corrected chi connectivity index (χ0v) is 23.2. The van der Waals surface area contributed by atoms with Crippen LogP contribution in [0.1, 0.15) is 50.3 Å². The molecule has 0 N–H and O–H groups in total. The first kappa shape index (κ1) is 24.1. The van der Waals surface area contributed by atoms with E-state index in [-0.39, 0.29) is 17.4 Å². The lowest BCUT2D eigenvalue weighted by Gasteiger charge is -2.39. The maximum atomic E-state index is 5.65. The minimum atomic E-state index is 0.0276. The highest BCUT2D eigenvalue weighted by molar-refractivity contribution is 6.15. The number of benzene rings is 4. The second-order valence-corrected chi connectivity index (χ2v) is 12.0. The zero-order chi connectivity index (χ0) is 26.9. The van der Waals surface area contributed by atoms with Crippen molar-refractivity contribution in [3.63, 3.8) is 0 Å². The molecule has 1 aromatic heterocycles. The van der Waals surface area contributed by atoms with E-state index in [2.05, 4.69) is 128 Å². The number of para-hydroxylation sites is 1. The second-order valence-electron chi connectivity index (χ2n) is 12.0. The molecule has 0 radical (unpaired) electrons. The van der Waals surface area contributed by atoms with Gasteiger partial charge in [-0.15, -0.1) is 0 Å². The molecular formula is C36H35N2O+. The number of methoxy groups -OCH3 is 1. The number of aromatic nitrogens is 1. The topological polar surface area (TPSA) is 16.4 Å². The Morgan fingerprint density at radius 3 is 2.44 bits per heavy atom. The van der Waals surface area contributed by atoms with Gasteiger partial charge in [0.05, 0.1) is 28.2 Å². The van der Waals surface area contributed by atoms with E-state index in [0.29, 0.717) is 6.61 Å². The van der Waals surface area contributed by atoms with E-state index in [0.717, 1.165) is 6.42 Å². The predicted molar refractivity (Wildman–Crippen MR) is 162 cm³/mol. The molecular weight excluding hydrogens is 476 g/mol. The third-order valence-corrected chi connectivity index (χ3v) is 8.70. The van der Waals surface area contributed by atoms with Gasteiger partial charge in [0.15, 0.2) is 12.2 Å². The Morgan fingerprint density at radius 1 is 0.923 bits per heavy atom. The van der Waals surface area contributed by atoms with Gasteiger partial charge in [-0.2, -0.15) is 4.57 Å². The third kappa shape index (κ3) is 3.49. The molecule has 0 saturated carbocycles. The number of hydrogen-bond acceptors (Lipinski definition) is 2. The van der Waals surface area contributed by atoms with E-state index >= 15 is 0 Å². The molecule has 0 amide bonds. The molecule has 3 nitrogen and oxygen atoms in total. The smallest absolute Gasteiger partial charge is 0.225 e. The number of rotatable bonds is 5. The highest BCUT2D eigenvalue weighted by Gasteiger charge is 2.45. The van der Waals surface area contributed by atoms with Crippen molar-refractivity contribution in [2.24, 2.45) is 0 Å². The van der Waals surface area contributed by atoms with Gasteiger partial charge in [-0.25, -0.2) is 0 Å². The first-order valence-corrected chi connectivity index (χ1v) is 14.0. The van der Waals surface area contributed by atoms with Gasteiger partial charge in [0.1, 0.15) is 0 Å². The van der Waals surface area contributed by atoms with Gasteiger partial charge in [-0.3, -0.25) is 0 Å². The van der Waals surface area contributed by atoms with Crippen molar-refractivity contribution in [1.29, 1.82) is 0 Å². The summed E-state index contributed by atoms with van der Waals surface area (Å²) in [6.07, 6.45) is 5.36. The molecule has 3 heteroatoms. The van der Waals surface area contributed by atoms with Crippen LogP contribution in [0.25, 0.3) is 32.8 Å². The van der Waals surface area contributed by atoms with Crippen molar-refractivity contribution >= 4 is 38.6 Å². The van der Waals surface area contributed by atoms with E-state index in [1.54, 1.807) is 7.11 Å². The average Bonchev–Trinajstić information content (AvgIpc) is 2.95. The van der Waals surface area contributed by atoms with Gasteiger partial charge in [0, 0.05) is 25.5 Å². The minimum Gasteiger partial charge on any atom is -0.385 e. The number of ether oxygens (including phenoxy) is 1. The Balaban J connectivity index is 1.70. The molecule has 4 aromatic carbocycles. The van der Waals surface area contributed by atoms with Crippen LogP contribution in [-0.2, 0) is 10.2 Å². The molecule has 0 fully saturated rings. The van der Waals surface area contributed by atoms with Crippen LogP contribution in [0.4, 0.5) is 17.1 Å². The number of fused-ring (bicyclic) bond motifs is 2. The second kappa shape index (κ2) is 8.79. The standard InChI is InChI=1S/C36H35N2O/c1-6-29-28(17-19-39-5)33-27-15-11-10-12-23(27)21-30-34(33)35-32-24(16-18-37(29)35)20-25(36(2,3)4)22-31(32)38(30)26-13-8-7-9-14-26/h6-16,18,20-22,28-29H,1,17,19H2,2-5H3/q+1. The van der Waals surface area contributed by atoms with Gasteiger partial charge in [0.2, 0.25) is 5.69 Å². The van der Waals surface area contributed by atoms with Crippen LogP contribution in [-0.4, -0.2) is 13.7 Å². The van der Waals surface area contributed by atoms with Crippen LogP contribution in [0, 0.1) is 0 Å². The number of allylic oxidation sites excluding steroid dienone is 1. The van der Waals surface area contributed by atoms with Crippen LogP contribution < -0.4 is 9.47 Å². The van der Waals surface area contributed by atoms with Crippen LogP contribution in [0.5, 0.6) is 0 Å². The fraction of sp³-hybridized carbons (Fsp3) is 0.250. The minimum absolute atomic E-state index is 0.0276. The molecule has 0 bridgehead atoms. The predicted octanol–water partition coefficient (Wildman–Crippen LogP) is 8.89. The summed E-state index contributed by atoms with van der Waals surface area (Å²) in [5.74, 6) is 0.255. The molecule has 194 valence electrons. The normalized spacial score (nSPS) is 17.6. The Hall–Kier alpha value is -3.95. The Bertz CT molecular complexity index is 1760. The summed E-state index contributed by atoms with van der Waals surface area (Å²) in [5, 5.41) is 5.20. The first-order chi connectivity index (χ1) is 18.9. The lowest BCUT2D eigenvalue weighted by Crippen LogP contribution is -2.48. The van der Waals surface area contributed by atoms with Crippen LogP contribution in [0.15, 0.2) is 97.7 Å². The summed E-state index contributed by atoms with van der Waals surface area (Å²) in [5.41, 5.74) is 9.13. The fourth-order valence-corrected chi connectivity index (χ4v) is 6.87. The monoisotopic (exact) mass is 511 g/mol. The van der Waals surface area contributed by atoms with Crippen LogP contribution in [0.3, 0.4) is 0 Å². The van der Waals surface area contributed by atoms with Crippen molar-refractivity contribution in [1.82, 2.24) is 0 Å². The van der Waals surface area contributed by atoms with Crippen molar-refractivity contribution in [2.45, 2.75) is 44.6 Å². The number of nitrogens with zero attached hydrogens (tertiary/aromatic N) is 2. The Kier molecular flexibility index (Phi) is 5.43. The quantitative estimate of drug-likeness (QED) is 0.170. The molecule has 3 heterocycles. The van der Waals surface area contributed by atoms with Crippen LogP contribution in [0.2, 0.25) is 0 Å². The van der Waals surface area contributed by atoms with E-state index in [1.165, 1.54) is 61.0 Å². The molecule has 5 aromatic rings. The molecule has 0 spiro atoms. The highest BCUT2D eigenvalue weighted by atomic mass is 16.5. The summed E-state index contributed by atoms with van der Waals surface area (Å²) < 4.78 is 8.13. The van der Waals surface area contributed by atoms with Crippen molar-refractivity contribution < 1.29 is 9.30 Å². The molecule has 39 heavy (non-hydrogen) atoms. The molecule has 7 rings (SSSR count). The molecule has 0 aliphatic carbocycles. The van der Waals surface area contributed by atoms with Crippen molar-refractivity contribution in [3.8, 4) is 11.3 Å². The van der Waals surface area contributed by atoms with E-state index in [9.17, 15) is 0 Å². The highest BCUT2D eigenvalue weighted by Crippen LogP contribution is 2.57. The Labute approximate surface area is 231 Å². The maximum Gasteiger partial charge on any atom is 0.225 e. The summed E-state index contributed by atoms with van der Waals surface area (Å²) >= 11 is 0. The summed E-state index contributed by atoms with van der Waals surface area (Å²) in [6.45, 7) is 12.0. The zero-order valence-electron chi connectivity index (χ0n) is 23.2. The number of pyridine rings is 1. The number of hydrogen-bond donors (Lipinski definition) is 0. The van der Waals surface area contributed by atoms with E-state index in [4.69, 9.17) is 4.74 Å². The number of anilines is 3. The molecule has 0 saturated heterocycles. The van der Waals surface area contributed by atoms with Gasteiger partial charge < -0.3 is 9.64 Å². The van der Waals surface area contributed by atoms with E-state index in [1.807, 2.05) is 0 Å². The lowest BCUT2D eigenvalue weighted by molar-refractivity contribution is -0.706. The maximum absolute atomic E-state index is 5.65. The largest absolute Gasteiger partial charge is 0.385 e. The molecule has 2 aliphatic heterocycles. The fourth-order valence-electron chi connectivity index (χ4n) is 6.87. The molecule has 2 atom stereocenters. The Morgan fingerprint density at radius 2 is 1.69 bits per heavy atom. The third-order valence-electron chi connectivity index (χ3n) is 8.70. The molecule has 2 unspecified atom stereocenters. The summed E-state index contributed by atoms with van der Waals surface area (Å²) in [7, 11) is 1.80. The summed E-state index contributed by atoms with van der Waals surface area (Å²) in [6, 6.07) is 29.4. The van der Waals surface area contributed by atoms with Gasteiger partial charge in [-0.05, 0) is 75.5 Å². The van der Waals surface area contributed by atoms with E-state index < -0.39 is 0 Å². The van der Waals surface area contributed by atoms with Crippen molar-refractivity contribution in [3.05, 3.63) is 109 Å². The van der Waals surface area contributed by atoms with Gasteiger partial charge in [0.25, 0.3) is 0 Å². The SMILES string of the molecule is C=CC1C(CCOC)c2c3c(cc4ccccc24)N(c2ccccc2)c2cc(C(C)(C)C)cc4cc[n+]1c-3c24. The van der Waals surface area contributed by atoms with Crippen LogP contribution >= 0.6 is 0 Å². The first-order valence-electron chi connectivity index (χ1n) is 14.0. The molecule has 2 aliphatic rings. The van der Waals surface area contributed by atoms with Gasteiger partial charge >= 0.3 is 0 Å². The summed E-state index contributed by atoms with van der Waals surface area (Å²) in [4.78, 5) is 2.50. The van der Waals surface area contributed by atoms with Crippen molar-refractivity contribution in [2.75, 3.05) is 18.6 Å². The van der Waals surface area contributed by atoms with Gasteiger partial charge in [-0.1, -0.05) is 69.8 Å².